The summed E-state index contributed by atoms with van der Waals surface area (Å²) in [4.78, 5) is 14.3. The molecule has 2 aliphatic rings. The number of carbonyl (C=O) groups is 1. The van der Waals surface area contributed by atoms with Crippen LogP contribution in [0.1, 0.15) is 44.2 Å². The molecular formula is C19H30N4O. The quantitative estimate of drug-likeness (QED) is 0.697. The molecule has 1 aromatic carbocycles. The number of nitrogens with zero attached hydrogens (tertiary/aromatic N) is 1. The molecular weight excluding hydrogens is 300 g/mol. The van der Waals surface area contributed by atoms with Gasteiger partial charge in [0.1, 0.15) is 0 Å². The number of amides is 1. The molecule has 5 heteroatoms. The van der Waals surface area contributed by atoms with Gasteiger partial charge in [-0.25, -0.2) is 5.43 Å². The summed E-state index contributed by atoms with van der Waals surface area (Å²) in [5.74, 6) is 0.952. The number of carbonyl (C=O) groups excluding carboxylic acids is 1. The molecule has 1 amide bonds. The predicted octanol–water partition coefficient (Wildman–Crippen LogP) is 1.83. The maximum absolute atomic E-state index is 12.2. The zero-order valence-corrected chi connectivity index (χ0v) is 14.6. The lowest BCUT2D eigenvalue weighted by molar-refractivity contribution is -0.132. The molecule has 2 aliphatic heterocycles. The Bertz CT molecular complexity index is 521. The van der Waals surface area contributed by atoms with Crippen molar-refractivity contribution in [2.24, 2.45) is 5.92 Å². The number of benzene rings is 1. The van der Waals surface area contributed by atoms with Gasteiger partial charge in [0, 0.05) is 44.7 Å². The lowest BCUT2D eigenvalue weighted by atomic mass is 10.00. The summed E-state index contributed by atoms with van der Waals surface area (Å²) in [6.45, 7) is 5.76. The molecule has 2 saturated heterocycles. The first-order chi connectivity index (χ1) is 11.7. The Labute approximate surface area is 145 Å². The van der Waals surface area contributed by atoms with Gasteiger partial charge in [-0.15, -0.1) is 0 Å². The molecule has 0 spiro atoms. The molecule has 0 aliphatic carbocycles. The minimum absolute atomic E-state index is 0.300. The molecule has 3 atom stereocenters. The van der Waals surface area contributed by atoms with Crippen LogP contribution in [0.4, 0.5) is 0 Å². The minimum atomic E-state index is 0.300. The van der Waals surface area contributed by atoms with E-state index in [0.717, 1.165) is 39.0 Å². The van der Waals surface area contributed by atoms with Crippen LogP contribution in [0.2, 0.25) is 0 Å². The van der Waals surface area contributed by atoms with Crippen molar-refractivity contribution in [2.45, 2.75) is 44.7 Å². The van der Waals surface area contributed by atoms with E-state index in [0.29, 0.717) is 30.3 Å². The van der Waals surface area contributed by atoms with Gasteiger partial charge < -0.3 is 10.2 Å². The number of hydrogen-bond acceptors (Lipinski definition) is 4. The van der Waals surface area contributed by atoms with Gasteiger partial charge in [-0.05, 0) is 30.7 Å². The third-order valence-electron chi connectivity index (χ3n) is 5.10. The lowest BCUT2D eigenvalue weighted by Crippen LogP contribution is -2.41. The van der Waals surface area contributed by atoms with Crippen LogP contribution in [-0.2, 0) is 4.79 Å². The Morgan fingerprint density at radius 3 is 2.92 bits per heavy atom. The summed E-state index contributed by atoms with van der Waals surface area (Å²) < 4.78 is 0. The van der Waals surface area contributed by atoms with Crippen LogP contribution < -0.4 is 16.2 Å². The highest BCUT2D eigenvalue weighted by Gasteiger charge is 2.24. The van der Waals surface area contributed by atoms with E-state index >= 15 is 0 Å². The van der Waals surface area contributed by atoms with Gasteiger partial charge in [0.05, 0.1) is 0 Å². The Hall–Kier alpha value is -1.43. The molecule has 24 heavy (non-hydrogen) atoms. The molecule has 2 fully saturated rings. The highest BCUT2D eigenvalue weighted by molar-refractivity contribution is 5.76. The third kappa shape index (κ3) is 4.79. The average Bonchev–Trinajstić information content (AvgIpc) is 3.08. The molecule has 1 aromatic rings. The van der Waals surface area contributed by atoms with Crippen LogP contribution >= 0.6 is 0 Å². The Morgan fingerprint density at radius 2 is 2.12 bits per heavy atom. The van der Waals surface area contributed by atoms with Gasteiger partial charge in [-0.2, -0.15) is 0 Å². The molecule has 132 valence electrons. The van der Waals surface area contributed by atoms with Crippen molar-refractivity contribution >= 4 is 5.91 Å². The molecule has 2 heterocycles. The third-order valence-corrected chi connectivity index (χ3v) is 5.10. The van der Waals surface area contributed by atoms with E-state index in [1.165, 1.54) is 12.0 Å². The normalized spacial score (nSPS) is 27.4. The summed E-state index contributed by atoms with van der Waals surface area (Å²) >= 11 is 0. The zero-order valence-electron chi connectivity index (χ0n) is 14.6. The predicted molar refractivity (Wildman–Crippen MR) is 96.3 cm³/mol. The number of hydrazine groups is 1. The van der Waals surface area contributed by atoms with E-state index in [4.69, 9.17) is 0 Å². The Morgan fingerprint density at radius 1 is 1.29 bits per heavy atom. The molecule has 0 saturated carbocycles. The molecule has 0 bridgehead atoms. The fraction of sp³-hybridized carbons (Fsp3) is 0.632. The number of likely N-dealkylation sites (tertiary alicyclic amines) is 1. The van der Waals surface area contributed by atoms with Crippen molar-refractivity contribution in [1.29, 1.82) is 0 Å². The van der Waals surface area contributed by atoms with Crippen LogP contribution in [0.3, 0.4) is 0 Å². The van der Waals surface area contributed by atoms with Crippen molar-refractivity contribution in [3.63, 3.8) is 0 Å². The molecule has 3 rings (SSSR count). The summed E-state index contributed by atoms with van der Waals surface area (Å²) in [6, 6.07) is 11.3. The molecule has 5 nitrogen and oxygen atoms in total. The fourth-order valence-electron chi connectivity index (χ4n) is 3.71. The smallest absolute Gasteiger partial charge is 0.223 e. The van der Waals surface area contributed by atoms with Gasteiger partial charge in [-0.3, -0.25) is 10.2 Å². The fourth-order valence-corrected chi connectivity index (χ4v) is 3.71. The topological polar surface area (TPSA) is 56.4 Å². The van der Waals surface area contributed by atoms with Crippen LogP contribution in [0, 0.1) is 5.92 Å². The van der Waals surface area contributed by atoms with Gasteiger partial charge in [0.15, 0.2) is 0 Å². The highest BCUT2D eigenvalue weighted by Crippen LogP contribution is 2.21. The number of piperidine rings is 1. The first-order valence-electron chi connectivity index (χ1n) is 9.27. The monoisotopic (exact) mass is 330 g/mol. The summed E-state index contributed by atoms with van der Waals surface area (Å²) in [5, 5.41) is 3.43. The average molecular weight is 330 g/mol. The Kier molecular flexibility index (Phi) is 6.24. The Balaban J connectivity index is 1.32. The van der Waals surface area contributed by atoms with Crippen molar-refractivity contribution in [3.05, 3.63) is 35.9 Å². The second-order valence-corrected chi connectivity index (χ2v) is 7.23. The molecule has 3 N–H and O–H groups in total. The lowest BCUT2D eigenvalue weighted by Gasteiger charge is -2.31. The zero-order chi connectivity index (χ0) is 16.8. The highest BCUT2D eigenvalue weighted by atomic mass is 16.2. The van der Waals surface area contributed by atoms with Crippen molar-refractivity contribution in [1.82, 2.24) is 21.1 Å². The summed E-state index contributed by atoms with van der Waals surface area (Å²) in [5.41, 5.74) is 8.04. The second-order valence-electron chi connectivity index (χ2n) is 7.23. The van der Waals surface area contributed by atoms with E-state index < -0.39 is 0 Å². The summed E-state index contributed by atoms with van der Waals surface area (Å²) in [6.07, 6.45) is 4.08. The van der Waals surface area contributed by atoms with Crippen LogP contribution in [0.15, 0.2) is 30.3 Å². The van der Waals surface area contributed by atoms with E-state index in [2.05, 4.69) is 47.4 Å². The SMILES string of the molecule is CC1CCCN(C(=O)CCNCC2CC(c3ccccc3)NN2)C1. The van der Waals surface area contributed by atoms with E-state index in [-0.39, 0.29) is 0 Å². The number of rotatable bonds is 6. The standard InChI is InChI=1S/C19H30N4O/c1-15-6-5-11-23(14-15)19(24)9-10-20-13-17-12-18(22-21-17)16-7-3-2-4-8-16/h2-4,7-8,15,17-18,20-22H,5-6,9-14H2,1H3. The van der Waals surface area contributed by atoms with Gasteiger partial charge in [-0.1, -0.05) is 37.3 Å². The van der Waals surface area contributed by atoms with Crippen LogP contribution in [-0.4, -0.2) is 43.0 Å². The van der Waals surface area contributed by atoms with E-state index in [1.54, 1.807) is 0 Å². The van der Waals surface area contributed by atoms with Gasteiger partial charge >= 0.3 is 0 Å². The largest absolute Gasteiger partial charge is 0.342 e. The van der Waals surface area contributed by atoms with Crippen LogP contribution in [0.25, 0.3) is 0 Å². The molecule has 0 aromatic heterocycles. The number of hydrogen-bond donors (Lipinski definition) is 3. The second kappa shape index (κ2) is 8.60. The van der Waals surface area contributed by atoms with Crippen molar-refractivity contribution in [3.8, 4) is 0 Å². The maximum Gasteiger partial charge on any atom is 0.223 e. The van der Waals surface area contributed by atoms with Crippen molar-refractivity contribution in [2.75, 3.05) is 26.2 Å². The summed E-state index contributed by atoms with van der Waals surface area (Å²) in [7, 11) is 0. The van der Waals surface area contributed by atoms with E-state index in [1.807, 2.05) is 11.0 Å². The van der Waals surface area contributed by atoms with Crippen molar-refractivity contribution < 1.29 is 4.79 Å². The van der Waals surface area contributed by atoms with Gasteiger partial charge in [0.25, 0.3) is 0 Å². The first-order valence-corrected chi connectivity index (χ1v) is 9.27. The first kappa shape index (κ1) is 17.4. The number of nitrogens with one attached hydrogen (secondary N) is 3. The van der Waals surface area contributed by atoms with E-state index in [9.17, 15) is 4.79 Å². The minimum Gasteiger partial charge on any atom is -0.342 e. The van der Waals surface area contributed by atoms with Gasteiger partial charge in [0.2, 0.25) is 5.91 Å². The van der Waals surface area contributed by atoms with Crippen LogP contribution in [0.5, 0.6) is 0 Å². The molecule has 3 unspecified atom stereocenters. The maximum atomic E-state index is 12.2. The molecule has 0 radical (unpaired) electrons.